The van der Waals surface area contributed by atoms with Gasteiger partial charge in [0.15, 0.2) is 23.0 Å². The van der Waals surface area contributed by atoms with Crippen molar-refractivity contribution >= 4 is 35.6 Å². The largest absolute Gasteiger partial charge is 0.493 e. The zero-order valence-electron chi connectivity index (χ0n) is 25.0. The van der Waals surface area contributed by atoms with E-state index in [-0.39, 0.29) is 23.9 Å². The van der Waals surface area contributed by atoms with Crippen LogP contribution in [0.4, 0.5) is 11.4 Å². The number of methoxy groups -OCH3 is 2. The Kier molecular flexibility index (Phi) is 7.92. The van der Waals surface area contributed by atoms with Crippen molar-refractivity contribution in [2.75, 3.05) is 27.4 Å². The number of hydrogen-bond donors (Lipinski definition) is 0. The third kappa shape index (κ3) is 5.61. The molecule has 4 aliphatic rings. The van der Waals surface area contributed by atoms with Gasteiger partial charge in [0.25, 0.3) is 11.8 Å². The fourth-order valence-corrected chi connectivity index (χ4v) is 5.85. The highest BCUT2D eigenvalue weighted by atomic mass is 16.5. The van der Waals surface area contributed by atoms with E-state index in [2.05, 4.69) is 9.98 Å². The molecule has 10 heteroatoms. The molecule has 4 aliphatic heterocycles. The van der Waals surface area contributed by atoms with Crippen LogP contribution >= 0.6 is 0 Å². The number of aliphatic imine (C=N–C) groups is 2. The van der Waals surface area contributed by atoms with Crippen molar-refractivity contribution < 1.29 is 28.5 Å². The summed E-state index contributed by atoms with van der Waals surface area (Å²) in [6.45, 7) is 5.00. The molecule has 2 atom stereocenters. The zero-order chi connectivity index (χ0) is 30.1. The lowest BCUT2D eigenvalue weighted by molar-refractivity contribution is 0.0809. The van der Waals surface area contributed by atoms with Crippen molar-refractivity contribution in [3.63, 3.8) is 0 Å². The lowest BCUT2D eigenvalue weighted by Gasteiger charge is -2.19. The van der Waals surface area contributed by atoms with Gasteiger partial charge in [-0.25, -0.2) is 0 Å². The average Bonchev–Trinajstić information content (AvgIpc) is 3.51. The van der Waals surface area contributed by atoms with Gasteiger partial charge in [-0.05, 0) is 58.1 Å². The fourth-order valence-electron chi connectivity index (χ4n) is 5.85. The van der Waals surface area contributed by atoms with Gasteiger partial charge in [-0.1, -0.05) is 11.1 Å². The van der Waals surface area contributed by atoms with Gasteiger partial charge in [-0.15, -0.1) is 0 Å². The van der Waals surface area contributed by atoms with Gasteiger partial charge in [-0.2, -0.15) is 0 Å². The first kappa shape index (κ1) is 28.5. The number of carbonyl (C=O) groups excluding carboxylic acids is 2. The summed E-state index contributed by atoms with van der Waals surface area (Å²) in [6.07, 6.45) is 11.5. The van der Waals surface area contributed by atoms with Gasteiger partial charge in [0.1, 0.15) is 0 Å². The molecule has 2 aromatic carbocycles. The highest BCUT2D eigenvalue weighted by Gasteiger charge is 2.33. The molecule has 0 radical (unpaired) electrons. The van der Waals surface area contributed by atoms with Crippen LogP contribution in [0.3, 0.4) is 0 Å². The number of nitrogens with zero attached hydrogens (tertiary/aromatic N) is 4. The maximum Gasteiger partial charge on any atom is 0.260 e. The molecule has 0 aliphatic carbocycles. The van der Waals surface area contributed by atoms with Gasteiger partial charge < -0.3 is 28.7 Å². The topological polar surface area (TPSA) is 102 Å². The average molecular weight is 585 g/mol. The third-order valence-electron chi connectivity index (χ3n) is 8.06. The Morgan fingerprint density at radius 3 is 1.53 bits per heavy atom. The first-order valence-corrected chi connectivity index (χ1v) is 14.6. The monoisotopic (exact) mass is 584 g/mol. The molecule has 43 heavy (non-hydrogen) atoms. The summed E-state index contributed by atoms with van der Waals surface area (Å²) in [5, 5.41) is 0. The maximum atomic E-state index is 13.2. The Morgan fingerprint density at radius 1 is 0.674 bits per heavy atom. The van der Waals surface area contributed by atoms with Crippen LogP contribution in [-0.4, -0.2) is 73.6 Å². The van der Waals surface area contributed by atoms with Crippen LogP contribution < -0.4 is 18.9 Å². The Labute approximate surface area is 251 Å². The lowest BCUT2D eigenvalue weighted by atomic mass is 10.1. The summed E-state index contributed by atoms with van der Waals surface area (Å²) in [7, 11) is 3.14. The molecule has 224 valence electrons. The molecular formula is C33H36N4O6. The molecule has 0 fully saturated rings. The summed E-state index contributed by atoms with van der Waals surface area (Å²) in [4.78, 5) is 39.0. The second-order valence-corrected chi connectivity index (χ2v) is 11.3. The summed E-state index contributed by atoms with van der Waals surface area (Å²) in [5.74, 6) is 1.96. The van der Waals surface area contributed by atoms with Crippen LogP contribution in [0, 0.1) is 0 Å². The van der Waals surface area contributed by atoms with E-state index >= 15 is 0 Å². The van der Waals surface area contributed by atoms with Gasteiger partial charge >= 0.3 is 0 Å². The molecular weight excluding hydrogens is 548 g/mol. The molecule has 4 heterocycles. The molecule has 0 spiro atoms. The molecule has 2 amide bonds. The molecule has 2 aromatic rings. The Morgan fingerprint density at radius 2 is 1.12 bits per heavy atom. The summed E-state index contributed by atoms with van der Waals surface area (Å²) in [6, 6.07) is 6.88. The van der Waals surface area contributed by atoms with E-state index in [9.17, 15) is 9.59 Å². The van der Waals surface area contributed by atoms with Crippen LogP contribution in [-0.2, 0) is 0 Å². The number of benzene rings is 2. The molecule has 10 nitrogen and oxygen atoms in total. The minimum absolute atomic E-state index is 0.0575. The second kappa shape index (κ2) is 11.9. The van der Waals surface area contributed by atoms with Gasteiger partial charge in [0, 0.05) is 37.0 Å². The van der Waals surface area contributed by atoms with Crippen molar-refractivity contribution in [2.45, 2.75) is 58.0 Å². The van der Waals surface area contributed by atoms with E-state index in [1.54, 1.807) is 48.3 Å². The minimum atomic E-state index is -0.0868. The van der Waals surface area contributed by atoms with Crippen molar-refractivity contribution in [3.8, 4) is 23.0 Å². The fraction of sp³-hybridized carbons (Fsp3) is 0.394. The quantitative estimate of drug-likeness (QED) is 0.318. The SMILES string of the molecule is COc1cc2c(cc1OCCCCCOc1cc3c(cc1OC)C(=O)N1C=C(C)C[C@H]1C=N3)N=CC1CC(C)=CN1C2=O. The first-order valence-electron chi connectivity index (χ1n) is 14.6. The summed E-state index contributed by atoms with van der Waals surface area (Å²) < 4.78 is 23.2. The van der Waals surface area contributed by atoms with Crippen LogP contribution in [0.15, 0.2) is 57.8 Å². The van der Waals surface area contributed by atoms with Crippen molar-refractivity contribution in [1.29, 1.82) is 0 Å². The number of ether oxygens (including phenoxy) is 4. The van der Waals surface area contributed by atoms with E-state index in [1.807, 2.05) is 38.7 Å². The number of unbranched alkanes of at least 4 members (excludes halogenated alkanes) is 2. The molecule has 0 saturated carbocycles. The molecule has 6 rings (SSSR count). The van der Waals surface area contributed by atoms with Gasteiger partial charge in [0.05, 0.1) is 62.0 Å². The molecule has 0 saturated heterocycles. The smallest absolute Gasteiger partial charge is 0.260 e. The summed E-state index contributed by atoms with van der Waals surface area (Å²) >= 11 is 0. The Hall–Kier alpha value is -4.60. The lowest BCUT2D eigenvalue weighted by Crippen LogP contribution is -2.32. The van der Waals surface area contributed by atoms with Crippen molar-refractivity contribution in [3.05, 3.63) is 58.9 Å². The standard InChI is InChI=1S/C33H36N4O6/c1-20-10-22-16-34-26-14-30(28(40-3)12-24(26)32(38)36(22)18-20)42-8-6-5-7-9-43-31-15-27-25(13-29(31)41-4)33(39)37-19-21(2)11-23(37)17-35-27/h12-19,22-23H,5-11H2,1-4H3/t22-,23?/m0/s1. The highest BCUT2D eigenvalue weighted by Crippen LogP contribution is 2.40. The second-order valence-electron chi connectivity index (χ2n) is 11.3. The van der Waals surface area contributed by atoms with Crippen LogP contribution in [0.25, 0.3) is 0 Å². The summed E-state index contributed by atoms with van der Waals surface area (Å²) in [5.41, 5.74) is 4.48. The number of fused-ring (bicyclic) bond motifs is 4. The third-order valence-corrected chi connectivity index (χ3v) is 8.06. The Bertz CT molecular complexity index is 1460. The van der Waals surface area contributed by atoms with Crippen LogP contribution in [0.2, 0.25) is 0 Å². The van der Waals surface area contributed by atoms with E-state index in [0.29, 0.717) is 58.7 Å². The molecule has 0 aromatic heterocycles. The number of amides is 2. The van der Waals surface area contributed by atoms with Gasteiger partial charge in [0.2, 0.25) is 0 Å². The predicted octanol–water partition coefficient (Wildman–Crippen LogP) is 6.00. The molecule has 0 bridgehead atoms. The highest BCUT2D eigenvalue weighted by molar-refractivity contribution is 6.05. The number of carbonyl (C=O) groups is 2. The Balaban J connectivity index is 1.02. The first-order chi connectivity index (χ1) is 20.9. The van der Waals surface area contributed by atoms with Crippen LogP contribution in [0.1, 0.15) is 66.7 Å². The van der Waals surface area contributed by atoms with Gasteiger partial charge in [-0.3, -0.25) is 19.6 Å². The van der Waals surface area contributed by atoms with E-state index in [1.165, 1.54) is 0 Å². The maximum absolute atomic E-state index is 13.2. The van der Waals surface area contributed by atoms with Crippen molar-refractivity contribution in [1.82, 2.24) is 9.80 Å². The van der Waals surface area contributed by atoms with E-state index in [0.717, 1.165) is 43.3 Å². The minimum Gasteiger partial charge on any atom is -0.493 e. The molecule has 1 unspecified atom stereocenters. The van der Waals surface area contributed by atoms with E-state index < -0.39 is 0 Å². The van der Waals surface area contributed by atoms with Crippen molar-refractivity contribution in [2.24, 2.45) is 9.98 Å². The number of hydrogen-bond acceptors (Lipinski definition) is 8. The number of rotatable bonds is 10. The zero-order valence-corrected chi connectivity index (χ0v) is 25.0. The predicted molar refractivity (Wildman–Crippen MR) is 164 cm³/mol. The van der Waals surface area contributed by atoms with E-state index in [4.69, 9.17) is 18.9 Å². The van der Waals surface area contributed by atoms with Crippen LogP contribution in [0.5, 0.6) is 23.0 Å². The normalized spacial score (nSPS) is 20.0. The molecule has 0 N–H and O–H groups in total.